The maximum absolute atomic E-state index is 11.6. The number of hydrogen-bond acceptors (Lipinski definition) is 4. The summed E-state index contributed by atoms with van der Waals surface area (Å²) in [6, 6.07) is 8.82. The van der Waals surface area contributed by atoms with Gasteiger partial charge < -0.3 is 14.8 Å². The standard InChI is InChI=1S/C22H34N2O3/c1-17(2)27-21(25)23-14-20-7-8-22(16-26-20)9-11-24(12-10-22)15-19-6-4-5-18(3)13-19/h4-6,13,17,20H,7-12,14-16H2,1-3H3,(H,23,25). The van der Waals surface area contributed by atoms with Crippen molar-refractivity contribution in [2.75, 3.05) is 26.2 Å². The number of rotatable bonds is 5. The zero-order valence-corrected chi connectivity index (χ0v) is 17.0. The molecule has 1 amide bonds. The number of piperidine rings is 1. The molecule has 2 heterocycles. The number of carbonyl (C=O) groups is 1. The van der Waals surface area contributed by atoms with Crippen molar-refractivity contribution in [1.29, 1.82) is 0 Å². The Hall–Kier alpha value is -1.59. The number of hydrogen-bond donors (Lipinski definition) is 1. The summed E-state index contributed by atoms with van der Waals surface area (Å²) in [5.74, 6) is 0. The van der Waals surface area contributed by atoms with E-state index in [0.717, 1.165) is 32.7 Å². The maximum Gasteiger partial charge on any atom is 0.407 e. The molecule has 5 nitrogen and oxygen atoms in total. The molecule has 0 radical (unpaired) electrons. The molecule has 2 saturated heterocycles. The molecule has 1 spiro atoms. The summed E-state index contributed by atoms with van der Waals surface area (Å²) in [6.07, 6.45) is 4.28. The third-order valence-electron chi connectivity index (χ3n) is 5.84. The molecule has 2 aliphatic heterocycles. The highest BCUT2D eigenvalue weighted by molar-refractivity contribution is 5.67. The van der Waals surface area contributed by atoms with Crippen molar-refractivity contribution in [3.05, 3.63) is 35.4 Å². The summed E-state index contributed by atoms with van der Waals surface area (Å²) < 4.78 is 11.2. The van der Waals surface area contributed by atoms with Crippen molar-refractivity contribution < 1.29 is 14.3 Å². The Morgan fingerprint density at radius 2 is 2.11 bits per heavy atom. The monoisotopic (exact) mass is 374 g/mol. The van der Waals surface area contributed by atoms with Gasteiger partial charge in [-0.2, -0.15) is 0 Å². The Morgan fingerprint density at radius 1 is 1.33 bits per heavy atom. The molecule has 0 saturated carbocycles. The van der Waals surface area contributed by atoms with Crippen molar-refractivity contribution in [1.82, 2.24) is 10.2 Å². The maximum atomic E-state index is 11.6. The molecular formula is C22H34N2O3. The number of likely N-dealkylation sites (tertiary alicyclic amines) is 1. The van der Waals surface area contributed by atoms with E-state index < -0.39 is 0 Å². The van der Waals surface area contributed by atoms with Gasteiger partial charge in [-0.3, -0.25) is 4.90 Å². The van der Waals surface area contributed by atoms with E-state index in [1.54, 1.807) is 0 Å². The van der Waals surface area contributed by atoms with Gasteiger partial charge in [0.2, 0.25) is 0 Å². The lowest BCUT2D eigenvalue weighted by molar-refractivity contribution is -0.0848. The minimum Gasteiger partial charge on any atom is -0.447 e. The molecule has 0 aromatic heterocycles. The third-order valence-corrected chi connectivity index (χ3v) is 5.84. The average molecular weight is 375 g/mol. The van der Waals surface area contributed by atoms with Crippen LogP contribution < -0.4 is 5.32 Å². The molecule has 0 bridgehead atoms. The normalized spacial score (nSPS) is 22.7. The van der Waals surface area contributed by atoms with Crippen molar-refractivity contribution in [3.63, 3.8) is 0 Å². The number of carbonyl (C=O) groups excluding carboxylic acids is 1. The zero-order valence-electron chi connectivity index (χ0n) is 17.0. The molecule has 1 atom stereocenters. The van der Waals surface area contributed by atoms with Crippen LogP contribution in [0.5, 0.6) is 0 Å². The number of ether oxygens (including phenoxy) is 2. The highest BCUT2D eigenvalue weighted by atomic mass is 16.6. The number of nitrogens with zero attached hydrogens (tertiary/aromatic N) is 1. The predicted molar refractivity (Wildman–Crippen MR) is 107 cm³/mol. The number of nitrogens with one attached hydrogen (secondary N) is 1. The first-order chi connectivity index (χ1) is 12.9. The van der Waals surface area contributed by atoms with Crippen LogP contribution in [0, 0.1) is 12.3 Å². The molecule has 2 aliphatic rings. The van der Waals surface area contributed by atoms with Gasteiger partial charge in [0.05, 0.1) is 18.8 Å². The Morgan fingerprint density at radius 3 is 2.74 bits per heavy atom. The van der Waals surface area contributed by atoms with Crippen LogP contribution in [0.25, 0.3) is 0 Å². The van der Waals surface area contributed by atoms with Crippen molar-refractivity contribution in [2.24, 2.45) is 5.41 Å². The lowest BCUT2D eigenvalue weighted by Crippen LogP contribution is -2.47. The summed E-state index contributed by atoms with van der Waals surface area (Å²) in [7, 11) is 0. The minimum atomic E-state index is -0.349. The predicted octanol–water partition coefficient (Wildman–Crippen LogP) is 3.89. The summed E-state index contributed by atoms with van der Waals surface area (Å²) in [5, 5.41) is 2.82. The van der Waals surface area contributed by atoms with Gasteiger partial charge in [0.25, 0.3) is 0 Å². The SMILES string of the molecule is Cc1cccc(CN2CCC3(CCC(CNC(=O)OC(C)C)OC3)CC2)c1. The Kier molecular flexibility index (Phi) is 6.77. The fourth-order valence-electron chi connectivity index (χ4n) is 4.18. The van der Waals surface area contributed by atoms with Crippen molar-refractivity contribution in [3.8, 4) is 0 Å². The second-order valence-corrected chi connectivity index (χ2v) is 8.57. The Labute approximate surface area is 163 Å². The van der Waals surface area contributed by atoms with Crippen LogP contribution in [-0.4, -0.2) is 49.4 Å². The summed E-state index contributed by atoms with van der Waals surface area (Å²) >= 11 is 0. The van der Waals surface area contributed by atoms with Crippen LogP contribution in [0.15, 0.2) is 24.3 Å². The second kappa shape index (κ2) is 9.07. The third kappa shape index (κ3) is 5.94. The molecule has 0 aliphatic carbocycles. The van der Waals surface area contributed by atoms with Gasteiger partial charge in [0.15, 0.2) is 0 Å². The molecule has 1 N–H and O–H groups in total. The highest BCUT2D eigenvalue weighted by Crippen LogP contribution is 2.40. The van der Waals surface area contributed by atoms with E-state index in [9.17, 15) is 4.79 Å². The molecule has 1 aromatic rings. The lowest BCUT2D eigenvalue weighted by atomic mass is 9.73. The Balaban J connectivity index is 1.39. The van der Waals surface area contributed by atoms with Gasteiger partial charge in [0, 0.05) is 13.1 Å². The van der Waals surface area contributed by atoms with Gasteiger partial charge in [-0.25, -0.2) is 4.79 Å². The Bertz CT molecular complexity index is 614. The molecule has 1 unspecified atom stereocenters. The summed E-state index contributed by atoms with van der Waals surface area (Å²) in [6.45, 7) is 10.5. The number of amides is 1. The van der Waals surface area contributed by atoms with Crippen LogP contribution >= 0.6 is 0 Å². The van der Waals surface area contributed by atoms with Gasteiger partial charge in [0.1, 0.15) is 0 Å². The van der Waals surface area contributed by atoms with E-state index in [4.69, 9.17) is 9.47 Å². The molecule has 3 rings (SSSR count). The number of aryl methyl sites for hydroxylation is 1. The lowest BCUT2D eigenvalue weighted by Gasteiger charge is -2.45. The quantitative estimate of drug-likeness (QED) is 0.849. The fraction of sp³-hybridized carbons (Fsp3) is 0.682. The van der Waals surface area contributed by atoms with Gasteiger partial charge in [-0.05, 0) is 70.5 Å². The average Bonchev–Trinajstić information content (AvgIpc) is 2.63. The van der Waals surface area contributed by atoms with Crippen LogP contribution in [0.2, 0.25) is 0 Å². The largest absolute Gasteiger partial charge is 0.447 e. The molecule has 5 heteroatoms. The van der Waals surface area contributed by atoms with E-state index in [-0.39, 0.29) is 18.3 Å². The van der Waals surface area contributed by atoms with Crippen LogP contribution in [0.4, 0.5) is 4.79 Å². The molecule has 27 heavy (non-hydrogen) atoms. The number of alkyl carbamates (subject to hydrolysis) is 1. The van der Waals surface area contributed by atoms with E-state index in [1.807, 2.05) is 13.8 Å². The van der Waals surface area contributed by atoms with Crippen molar-refractivity contribution >= 4 is 6.09 Å². The second-order valence-electron chi connectivity index (χ2n) is 8.57. The van der Waals surface area contributed by atoms with E-state index in [0.29, 0.717) is 12.0 Å². The fourth-order valence-corrected chi connectivity index (χ4v) is 4.18. The van der Waals surface area contributed by atoms with Gasteiger partial charge >= 0.3 is 6.09 Å². The molecule has 1 aromatic carbocycles. The van der Waals surface area contributed by atoms with E-state index in [2.05, 4.69) is 41.4 Å². The first kappa shape index (κ1) is 20.2. The van der Waals surface area contributed by atoms with Crippen LogP contribution in [0.1, 0.15) is 50.7 Å². The van der Waals surface area contributed by atoms with Gasteiger partial charge in [-0.1, -0.05) is 29.8 Å². The van der Waals surface area contributed by atoms with Crippen molar-refractivity contribution in [2.45, 2.75) is 65.2 Å². The van der Waals surface area contributed by atoms with Crippen LogP contribution in [0.3, 0.4) is 0 Å². The first-order valence-electron chi connectivity index (χ1n) is 10.3. The zero-order chi connectivity index (χ0) is 19.3. The topological polar surface area (TPSA) is 50.8 Å². The van der Waals surface area contributed by atoms with Gasteiger partial charge in [-0.15, -0.1) is 0 Å². The minimum absolute atomic E-state index is 0.0921. The summed E-state index contributed by atoms with van der Waals surface area (Å²) in [4.78, 5) is 14.2. The molecule has 2 fully saturated rings. The molecule has 150 valence electrons. The number of benzene rings is 1. The summed E-state index contributed by atoms with van der Waals surface area (Å²) in [5.41, 5.74) is 3.07. The highest BCUT2D eigenvalue weighted by Gasteiger charge is 2.38. The molecular weight excluding hydrogens is 340 g/mol. The van der Waals surface area contributed by atoms with E-state index >= 15 is 0 Å². The van der Waals surface area contributed by atoms with E-state index in [1.165, 1.54) is 30.4 Å². The van der Waals surface area contributed by atoms with Crippen LogP contribution in [-0.2, 0) is 16.0 Å². The first-order valence-corrected chi connectivity index (χ1v) is 10.3. The smallest absolute Gasteiger partial charge is 0.407 e.